The maximum Gasteiger partial charge on any atom is 0.240 e. The van der Waals surface area contributed by atoms with Crippen LogP contribution in [0.5, 0.6) is 0 Å². The Hall–Kier alpha value is -1.44. The van der Waals surface area contributed by atoms with E-state index in [0.29, 0.717) is 0 Å². The molecular weight excluding hydrogens is 227 g/mol. The Balaban J connectivity index is 3.37. The zero-order valence-corrected chi connectivity index (χ0v) is 8.13. The highest BCUT2D eigenvalue weighted by molar-refractivity contribution is 6.36. The Morgan fingerprint density at radius 1 is 0.929 bits per heavy atom. The van der Waals surface area contributed by atoms with E-state index in [4.69, 9.17) is 23.2 Å². The third-order valence-electron chi connectivity index (χ3n) is 1.35. The van der Waals surface area contributed by atoms with Crippen molar-refractivity contribution in [2.75, 3.05) is 0 Å². The number of halogens is 2. The minimum Gasteiger partial charge on any atom is -0.211 e. The largest absolute Gasteiger partial charge is 0.240 e. The molecule has 0 fully saturated rings. The summed E-state index contributed by atoms with van der Waals surface area (Å²) in [6.07, 6.45) is 2.65. The lowest BCUT2D eigenvalue weighted by Crippen LogP contribution is -1.72. The Morgan fingerprint density at radius 3 is 1.57 bits per heavy atom. The number of carbonyl (C=O) groups excluding carboxylic acids is 2. The van der Waals surface area contributed by atoms with Gasteiger partial charge in [0.05, 0.1) is 21.4 Å². The summed E-state index contributed by atoms with van der Waals surface area (Å²) in [5.74, 6) is 0. The topological polar surface area (TPSA) is 58.9 Å². The SMILES string of the molecule is O=C=Nc1cc(Cl)c(N=C=O)cc1Cl. The number of benzene rings is 1. The molecule has 0 amide bonds. The van der Waals surface area contributed by atoms with Gasteiger partial charge in [-0.15, -0.1) is 0 Å². The molecule has 0 heterocycles. The highest BCUT2D eigenvalue weighted by Crippen LogP contribution is 2.35. The first-order valence-electron chi connectivity index (χ1n) is 3.34. The maximum absolute atomic E-state index is 9.97. The predicted molar refractivity (Wildman–Crippen MR) is 52.0 cm³/mol. The Labute approximate surface area is 88.9 Å². The molecule has 0 aliphatic carbocycles. The van der Waals surface area contributed by atoms with Crippen LogP contribution in [-0.4, -0.2) is 12.2 Å². The third-order valence-corrected chi connectivity index (χ3v) is 1.95. The molecule has 4 nitrogen and oxygen atoms in total. The van der Waals surface area contributed by atoms with E-state index in [1.165, 1.54) is 24.3 Å². The van der Waals surface area contributed by atoms with Crippen LogP contribution in [0.15, 0.2) is 22.1 Å². The molecule has 0 aliphatic heterocycles. The summed E-state index contributed by atoms with van der Waals surface area (Å²) >= 11 is 11.4. The fraction of sp³-hybridized carbons (Fsp3) is 0. The van der Waals surface area contributed by atoms with Crippen LogP contribution in [0.1, 0.15) is 0 Å². The molecule has 0 aromatic heterocycles. The first kappa shape index (κ1) is 10.6. The lowest BCUT2D eigenvalue weighted by atomic mass is 10.3. The van der Waals surface area contributed by atoms with Crippen molar-refractivity contribution in [1.82, 2.24) is 0 Å². The zero-order chi connectivity index (χ0) is 10.6. The van der Waals surface area contributed by atoms with Gasteiger partial charge in [0.25, 0.3) is 0 Å². The van der Waals surface area contributed by atoms with Crippen molar-refractivity contribution in [2.24, 2.45) is 9.98 Å². The van der Waals surface area contributed by atoms with Crippen LogP contribution in [0.4, 0.5) is 11.4 Å². The number of rotatable bonds is 2. The van der Waals surface area contributed by atoms with Crippen molar-refractivity contribution in [3.05, 3.63) is 22.2 Å². The van der Waals surface area contributed by atoms with E-state index in [1.54, 1.807) is 0 Å². The molecule has 0 radical (unpaired) electrons. The van der Waals surface area contributed by atoms with Gasteiger partial charge in [0.15, 0.2) is 0 Å². The van der Waals surface area contributed by atoms with Crippen LogP contribution in [0.3, 0.4) is 0 Å². The summed E-state index contributed by atoms with van der Waals surface area (Å²) < 4.78 is 0. The van der Waals surface area contributed by atoms with Gasteiger partial charge in [0.2, 0.25) is 12.2 Å². The molecule has 0 spiro atoms. The van der Waals surface area contributed by atoms with Gasteiger partial charge in [-0.1, -0.05) is 23.2 Å². The molecule has 1 rings (SSSR count). The second-order valence-electron chi connectivity index (χ2n) is 2.16. The van der Waals surface area contributed by atoms with Crippen molar-refractivity contribution < 1.29 is 9.59 Å². The lowest BCUT2D eigenvalue weighted by molar-refractivity contribution is 0.564. The van der Waals surface area contributed by atoms with Crippen LogP contribution < -0.4 is 0 Å². The summed E-state index contributed by atoms with van der Waals surface area (Å²) in [7, 11) is 0. The summed E-state index contributed by atoms with van der Waals surface area (Å²) in [4.78, 5) is 26.6. The van der Waals surface area contributed by atoms with Crippen LogP contribution in [-0.2, 0) is 9.59 Å². The number of isocyanates is 2. The Bertz CT molecular complexity index is 417. The summed E-state index contributed by atoms with van der Waals surface area (Å²) in [6, 6.07) is 2.62. The molecule has 1 aromatic rings. The van der Waals surface area contributed by atoms with Crippen molar-refractivity contribution in [1.29, 1.82) is 0 Å². The van der Waals surface area contributed by atoms with Crippen LogP contribution in [0, 0.1) is 0 Å². The van der Waals surface area contributed by atoms with Gasteiger partial charge in [-0.3, -0.25) is 0 Å². The van der Waals surface area contributed by atoms with E-state index in [0.717, 1.165) is 0 Å². The van der Waals surface area contributed by atoms with Crippen molar-refractivity contribution in [3.8, 4) is 0 Å². The molecule has 0 saturated heterocycles. The molecule has 0 saturated carbocycles. The molecule has 0 unspecified atom stereocenters. The maximum atomic E-state index is 9.97. The van der Waals surface area contributed by atoms with Crippen LogP contribution >= 0.6 is 23.2 Å². The van der Waals surface area contributed by atoms with Crippen LogP contribution in [0.2, 0.25) is 10.0 Å². The number of nitrogens with zero attached hydrogens (tertiary/aromatic N) is 2. The van der Waals surface area contributed by atoms with Gasteiger partial charge in [-0.25, -0.2) is 9.59 Å². The lowest BCUT2D eigenvalue weighted by Gasteiger charge is -1.99. The third kappa shape index (κ3) is 2.28. The van der Waals surface area contributed by atoms with Gasteiger partial charge in [-0.2, -0.15) is 9.98 Å². The molecule has 0 bridgehead atoms. The van der Waals surface area contributed by atoms with E-state index in [-0.39, 0.29) is 21.4 Å². The minimum atomic E-state index is 0.159. The van der Waals surface area contributed by atoms with Crippen LogP contribution in [0.25, 0.3) is 0 Å². The first-order chi connectivity index (χ1) is 6.69. The summed E-state index contributed by atoms with van der Waals surface area (Å²) in [5.41, 5.74) is 0.355. The predicted octanol–water partition coefficient (Wildman–Crippen LogP) is 2.93. The van der Waals surface area contributed by atoms with Gasteiger partial charge < -0.3 is 0 Å². The summed E-state index contributed by atoms with van der Waals surface area (Å²) in [5, 5.41) is 0.318. The normalized spacial score (nSPS) is 8.71. The molecule has 6 heteroatoms. The van der Waals surface area contributed by atoms with E-state index < -0.39 is 0 Å². The van der Waals surface area contributed by atoms with E-state index in [2.05, 4.69) is 9.98 Å². The highest BCUT2D eigenvalue weighted by Gasteiger charge is 2.05. The van der Waals surface area contributed by atoms with Gasteiger partial charge >= 0.3 is 0 Å². The van der Waals surface area contributed by atoms with Gasteiger partial charge in [0.1, 0.15) is 0 Å². The molecular formula is C8H2Cl2N2O2. The monoisotopic (exact) mass is 228 g/mol. The molecule has 0 aliphatic rings. The second-order valence-corrected chi connectivity index (χ2v) is 2.98. The van der Waals surface area contributed by atoms with Gasteiger partial charge in [-0.05, 0) is 12.1 Å². The molecule has 1 aromatic carbocycles. The highest BCUT2D eigenvalue weighted by atomic mass is 35.5. The summed E-state index contributed by atoms with van der Waals surface area (Å²) in [6.45, 7) is 0. The number of hydrogen-bond acceptors (Lipinski definition) is 4. The number of aliphatic imine (C=N–C) groups is 2. The fourth-order valence-electron chi connectivity index (χ4n) is 0.796. The van der Waals surface area contributed by atoms with Crippen molar-refractivity contribution in [3.63, 3.8) is 0 Å². The van der Waals surface area contributed by atoms with Crippen molar-refractivity contribution >= 4 is 46.7 Å². The first-order valence-corrected chi connectivity index (χ1v) is 4.09. The average molecular weight is 229 g/mol. The second kappa shape index (κ2) is 4.70. The van der Waals surface area contributed by atoms with E-state index in [1.807, 2.05) is 0 Å². The standard InChI is InChI=1S/C8H2Cl2N2O2/c9-5-1-7(11-3-13)6(10)2-8(5)12-4-14/h1-2H. The molecule has 14 heavy (non-hydrogen) atoms. The molecule has 70 valence electrons. The Morgan fingerprint density at radius 2 is 1.29 bits per heavy atom. The minimum absolute atomic E-state index is 0.159. The van der Waals surface area contributed by atoms with E-state index >= 15 is 0 Å². The molecule has 0 atom stereocenters. The Kier molecular flexibility index (Phi) is 3.57. The van der Waals surface area contributed by atoms with Crippen molar-refractivity contribution in [2.45, 2.75) is 0 Å². The zero-order valence-electron chi connectivity index (χ0n) is 6.62. The molecule has 0 N–H and O–H groups in total. The van der Waals surface area contributed by atoms with E-state index in [9.17, 15) is 9.59 Å². The smallest absolute Gasteiger partial charge is 0.211 e. The quantitative estimate of drug-likeness (QED) is 0.578. The fourth-order valence-corrected chi connectivity index (χ4v) is 1.20. The van der Waals surface area contributed by atoms with Gasteiger partial charge in [0, 0.05) is 0 Å². The average Bonchev–Trinajstić information content (AvgIpc) is 2.14. The number of hydrogen-bond donors (Lipinski definition) is 0.